The van der Waals surface area contributed by atoms with Crippen LogP contribution in [0.25, 0.3) is 0 Å². The second-order valence-electron chi connectivity index (χ2n) is 7.40. The lowest BCUT2D eigenvalue weighted by atomic mass is 9.98. The Kier molecular flexibility index (Phi) is 4.94. The maximum Gasteiger partial charge on any atom is 0.0971 e. The Balaban J connectivity index is 1.63. The maximum atomic E-state index is 4.78. The number of hydrogen-bond acceptors (Lipinski definition) is 4. The third kappa shape index (κ3) is 3.60. The molecule has 1 aliphatic heterocycles. The molecule has 1 aromatic carbocycles. The molecule has 0 amide bonds. The van der Waals surface area contributed by atoms with Crippen molar-refractivity contribution in [1.82, 2.24) is 19.9 Å². The third-order valence-corrected chi connectivity index (χ3v) is 5.40. The van der Waals surface area contributed by atoms with E-state index >= 15 is 0 Å². The molecule has 0 saturated heterocycles. The Hall–Kier alpha value is -2.66. The van der Waals surface area contributed by atoms with Gasteiger partial charge in [-0.3, -0.25) is 9.88 Å². The van der Waals surface area contributed by atoms with Crippen LogP contribution in [-0.2, 0) is 19.4 Å². The molecule has 4 rings (SSSR count). The number of imidazole rings is 1. The molecule has 3 heterocycles. The Morgan fingerprint density at radius 1 is 1.07 bits per heavy atom. The minimum Gasteiger partial charge on any atom is -0.378 e. The van der Waals surface area contributed by atoms with Crippen molar-refractivity contribution >= 4 is 5.69 Å². The SMILES string of the molecule is CCc1ccc([C@@H]2c3nc[nH]c3CCN2Cc2ccc(N(C)C)cc2)nc1. The Morgan fingerprint density at radius 2 is 1.85 bits per heavy atom. The number of nitrogens with zero attached hydrogens (tertiary/aromatic N) is 4. The quantitative estimate of drug-likeness (QED) is 0.755. The fourth-order valence-corrected chi connectivity index (χ4v) is 3.76. The summed E-state index contributed by atoms with van der Waals surface area (Å²) in [5, 5.41) is 0. The number of nitrogens with one attached hydrogen (secondary N) is 1. The number of H-pyrrole nitrogens is 1. The second kappa shape index (κ2) is 7.53. The van der Waals surface area contributed by atoms with Crippen LogP contribution in [0, 0.1) is 0 Å². The van der Waals surface area contributed by atoms with Gasteiger partial charge in [0.05, 0.1) is 23.8 Å². The standard InChI is InChI=1S/C22H27N5/c1-4-16-7-10-20(23-13-16)22-21-19(24-15-25-21)11-12-27(22)14-17-5-8-18(9-6-17)26(2)3/h5-10,13,15,22H,4,11-12,14H2,1-3H3,(H,24,25)/t22-/m1/s1. The summed E-state index contributed by atoms with van der Waals surface area (Å²) < 4.78 is 0. The van der Waals surface area contributed by atoms with Crippen LogP contribution in [0.5, 0.6) is 0 Å². The van der Waals surface area contributed by atoms with E-state index in [1.165, 1.54) is 22.5 Å². The van der Waals surface area contributed by atoms with E-state index in [0.717, 1.165) is 37.3 Å². The van der Waals surface area contributed by atoms with E-state index in [2.05, 4.69) is 77.2 Å². The topological polar surface area (TPSA) is 48.1 Å². The molecule has 1 atom stereocenters. The van der Waals surface area contributed by atoms with E-state index in [1.54, 1.807) is 0 Å². The third-order valence-electron chi connectivity index (χ3n) is 5.40. The molecule has 5 nitrogen and oxygen atoms in total. The average Bonchev–Trinajstić information content (AvgIpc) is 3.17. The summed E-state index contributed by atoms with van der Waals surface area (Å²) in [7, 11) is 4.14. The van der Waals surface area contributed by atoms with Gasteiger partial charge in [0.15, 0.2) is 0 Å². The van der Waals surface area contributed by atoms with E-state index in [9.17, 15) is 0 Å². The molecule has 0 bridgehead atoms. The molecule has 0 aliphatic carbocycles. The number of aromatic amines is 1. The zero-order chi connectivity index (χ0) is 18.8. The van der Waals surface area contributed by atoms with Gasteiger partial charge in [0.25, 0.3) is 0 Å². The Labute approximate surface area is 161 Å². The normalized spacial score (nSPS) is 16.9. The van der Waals surface area contributed by atoms with E-state index in [0.29, 0.717) is 0 Å². The second-order valence-corrected chi connectivity index (χ2v) is 7.40. The van der Waals surface area contributed by atoms with Crippen LogP contribution in [0.3, 0.4) is 0 Å². The predicted molar refractivity (Wildman–Crippen MR) is 109 cm³/mol. The summed E-state index contributed by atoms with van der Waals surface area (Å²) in [4.78, 5) is 17.3. The van der Waals surface area contributed by atoms with E-state index in [-0.39, 0.29) is 6.04 Å². The van der Waals surface area contributed by atoms with Gasteiger partial charge in [-0.05, 0) is 35.7 Å². The lowest BCUT2D eigenvalue weighted by Crippen LogP contribution is -2.36. The molecule has 0 unspecified atom stereocenters. The number of fused-ring (bicyclic) bond motifs is 1. The fourth-order valence-electron chi connectivity index (χ4n) is 3.76. The van der Waals surface area contributed by atoms with Gasteiger partial charge in [0.2, 0.25) is 0 Å². The molecule has 0 fully saturated rings. The highest BCUT2D eigenvalue weighted by atomic mass is 15.2. The van der Waals surface area contributed by atoms with Crippen LogP contribution in [0.15, 0.2) is 48.9 Å². The number of benzene rings is 1. The Morgan fingerprint density at radius 3 is 2.52 bits per heavy atom. The summed E-state index contributed by atoms with van der Waals surface area (Å²) in [6.45, 7) is 4.04. The summed E-state index contributed by atoms with van der Waals surface area (Å²) in [6.07, 6.45) is 5.82. The molecule has 140 valence electrons. The smallest absolute Gasteiger partial charge is 0.0971 e. The highest BCUT2D eigenvalue weighted by Crippen LogP contribution is 2.33. The van der Waals surface area contributed by atoms with Gasteiger partial charge < -0.3 is 9.88 Å². The summed E-state index contributed by atoms with van der Waals surface area (Å²) in [5.74, 6) is 0. The Bertz CT molecular complexity index is 880. The monoisotopic (exact) mass is 361 g/mol. The first-order chi connectivity index (χ1) is 13.2. The number of pyridine rings is 1. The maximum absolute atomic E-state index is 4.78. The molecule has 2 aromatic heterocycles. The molecule has 5 heteroatoms. The molecule has 3 aromatic rings. The van der Waals surface area contributed by atoms with Crippen molar-refractivity contribution in [3.05, 3.63) is 77.1 Å². The number of hydrogen-bond donors (Lipinski definition) is 1. The molecule has 0 spiro atoms. The first kappa shape index (κ1) is 17.7. The number of aromatic nitrogens is 3. The van der Waals surface area contributed by atoms with Crippen molar-refractivity contribution in [2.45, 2.75) is 32.4 Å². The first-order valence-electron chi connectivity index (χ1n) is 9.63. The number of rotatable bonds is 5. The first-order valence-corrected chi connectivity index (χ1v) is 9.63. The molecule has 27 heavy (non-hydrogen) atoms. The van der Waals surface area contributed by atoms with E-state index < -0.39 is 0 Å². The van der Waals surface area contributed by atoms with Crippen LogP contribution >= 0.6 is 0 Å². The highest BCUT2D eigenvalue weighted by molar-refractivity contribution is 5.46. The van der Waals surface area contributed by atoms with Gasteiger partial charge in [-0.2, -0.15) is 0 Å². The minimum absolute atomic E-state index is 0.0967. The van der Waals surface area contributed by atoms with Crippen molar-refractivity contribution in [2.24, 2.45) is 0 Å². The van der Waals surface area contributed by atoms with Gasteiger partial charge in [-0.25, -0.2) is 4.98 Å². The summed E-state index contributed by atoms with van der Waals surface area (Å²) in [5.41, 5.74) is 7.23. The molecular formula is C22H27N5. The van der Waals surface area contributed by atoms with E-state index in [1.807, 2.05) is 12.5 Å². The fraction of sp³-hybridized carbons (Fsp3) is 0.364. The minimum atomic E-state index is 0.0967. The highest BCUT2D eigenvalue weighted by Gasteiger charge is 2.31. The molecule has 0 radical (unpaired) electrons. The van der Waals surface area contributed by atoms with Crippen LogP contribution < -0.4 is 4.90 Å². The molecule has 0 saturated carbocycles. The summed E-state index contributed by atoms with van der Waals surface area (Å²) in [6, 6.07) is 13.3. The molecule has 1 N–H and O–H groups in total. The van der Waals surface area contributed by atoms with Gasteiger partial charge >= 0.3 is 0 Å². The largest absolute Gasteiger partial charge is 0.378 e. The zero-order valence-corrected chi connectivity index (χ0v) is 16.3. The van der Waals surface area contributed by atoms with Gasteiger partial charge in [-0.1, -0.05) is 25.1 Å². The van der Waals surface area contributed by atoms with Crippen molar-refractivity contribution in [2.75, 3.05) is 25.5 Å². The van der Waals surface area contributed by atoms with Crippen molar-refractivity contribution < 1.29 is 0 Å². The number of aryl methyl sites for hydroxylation is 1. The molecule has 1 aliphatic rings. The van der Waals surface area contributed by atoms with Crippen LogP contribution in [0.4, 0.5) is 5.69 Å². The van der Waals surface area contributed by atoms with Crippen molar-refractivity contribution in [3.8, 4) is 0 Å². The van der Waals surface area contributed by atoms with Gasteiger partial charge in [0.1, 0.15) is 0 Å². The lowest BCUT2D eigenvalue weighted by molar-refractivity contribution is 0.197. The zero-order valence-electron chi connectivity index (χ0n) is 16.3. The van der Waals surface area contributed by atoms with Crippen LogP contribution in [0.2, 0.25) is 0 Å². The lowest BCUT2D eigenvalue weighted by Gasteiger charge is -2.34. The van der Waals surface area contributed by atoms with Crippen molar-refractivity contribution in [1.29, 1.82) is 0 Å². The number of anilines is 1. The summed E-state index contributed by atoms with van der Waals surface area (Å²) >= 11 is 0. The average molecular weight is 361 g/mol. The van der Waals surface area contributed by atoms with Gasteiger partial charge in [-0.15, -0.1) is 0 Å². The molecular weight excluding hydrogens is 334 g/mol. The van der Waals surface area contributed by atoms with Crippen LogP contribution in [-0.4, -0.2) is 40.5 Å². The van der Waals surface area contributed by atoms with Gasteiger partial charge in [0, 0.05) is 51.2 Å². The van der Waals surface area contributed by atoms with Crippen molar-refractivity contribution in [3.63, 3.8) is 0 Å². The van der Waals surface area contributed by atoms with E-state index in [4.69, 9.17) is 4.98 Å². The van der Waals surface area contributed by atoms with Crippen LogP contribution in [0.1, 0.15) is 41.2 Å². The predicted octanol–water partition coefficient (Wildman–Crippen LogP) is 3.58.